The molecular formula is C7H13N3. The summed E-state index contributed by atoms with van der Waals surface area (Å²) < 4.78 is 0. The molecule has 0 aliphatic heterocycles. The van der Waals surface area contributed by atoms with Crippen LogP contribution in [0.5, 0.6) is 0 Å². The summed E-state index contributed by atoms with van der Waals surface area (Å²) in [6, 6.07) is 0. The summed E-state index contributed by atoms with van der Waals surface area (Å²) in [7, 11) is 7.76. The molecule has 0 aromatic heterocycles. The second-order valence-corrected chi connectivity index (χ2v) is 2.44. The normalized spacial score (nSPS) is 12.6. The van der Waals surface area contributed by atoms with Gasteiger partial charge in [-0.3, -0.25) is 4.99 Å². The number of nitrogens with zero attached hydrogens (tertiary/aromatic N) is 2. The summed E-state index contributed by atoms with van der Waals surface area (Å²) >= 11 is 0. The van der Waals surface area contributed by atoms with Gasteiger partial charge in [-0.25, -0.2) is 0 Å². The Hall–Kier alpha value is -0.990. The fourth-order valence-corrected chi connectivity index (χ4v) is 1.06. The Labute approximate surface area is 61.1 Å². The second kappa shape index (κ2) is 2.33. The molecule has 0 radical (unpaired) electrons. The molecule has 0 saturated heterocycles. The van der Waals surface area contributed by atoms with Crippen LogP contribution in [0.2, 0.25) is 0 Å². The fourth-order valence-electron chi connectivity index (χ4n) is 1.06. The first-order chi connectivity index (χ1) is 4.72. The minimum absolute atomic E-state index is 1.10. The Morgan fingerprint density at radius 3 is 2.10 bits per heavy atom. The van der Waals surface area contributed by atoms with Crippen molar-refractivity contribution in [3.8, 4) is 0 Å². The molecule has 3 nitrogen and oxygen atoms in total. The van der Waals surface area contributed by atoms with E-state index in [1.54, 1.807) is 0 Å². The highest BCUT2D eigenvalue weighted by Crippen LogP contribution is 2.25. The van der Waals surface area contributed by atoms with Crippen molar-refractivity contribution in [2.75, 3.05) is 38.4 Å². The number of hydrogen-bond acceptors (Lipinski definition) is 3. The molecule has 0 fully saturated rings. The van der Waals surface area contributed by atoms with Gasteiger partial charge in [-0.15, -0.1) is 0 Å². The summed E-state index contributed by atoms with van der Waals surface area (Å²) in [6.07, 6.45) is 0. The zero-order valence-electron chi connectivity index (χ0n) is 6.89. The van der Waals surface area contributed by atoms with Gasteiger partial charge in [-0.05, 0) is 0 Å². The average molecular weight is 139 g/mol. The van der Waals surface area contributed by atoms with Crippen LogP contribution in [0.1, 0.15) is 0 Å². The molecule has 0 amide bonds. The monoisotopic (exact) mass is 139 g/mol. The maximum absolute atomic E-state index is 4.09. The maximum atomic E-state index is 4.09. The van der Waals surface area contributed by atoms with E-state index >= 15 is 0 Å². The van der Waals surface area contributed by atoms with Crippen LogP contribution in [0.4, 0.5) is 11.4 Å². The first kappa shape index (κ1) is 7.12. The van der Waals surface area contributed by atoms with Crippen molar-refractivity contribution < 1.29 is 0 Å². The highest BCUT2D eigenvalue weighted by Gasteiger charge is 2.19. The quantitative estimate of drug-likeness (QED) is 0.634. The average Bonchev–Trinajstić information content (AvgIpc) is 2.60. The van der Waals surface area contributed by atoms with E-state index in [9.17, 15) is 0 Å². The van der Waals surface area contributed by atoms with Gasteiger partial charge in [0.25, 0.3) is 0 Å². The van der Waals surface area contributed by atoms with Crippen LogP contribution in [0.25, 0.3) is 0 Å². The first-order valence-electron chi connectivity index (χ1n) is 3.29. The van der Waals surface area contributed by atoms with E-state index in [0.717, 1.165) is 5.36 Å². The molecule has 1 aromatic rings. The largest absolute Gasteiger partial charge is 0.385 e. The van der Waals surface area contributed by atoms with Gasteiger partial charge in [0.1, 0.15) is 5.36 Å². The van der Waals surface area contributed by atoms with E-state index in [2.05, 4.69) is 15.2 Å². The number of anilines is 2. The molecule has 0 saturated carbocycles. The van der Waals surface area contributed by atoms with Gasteiger partial charge in [-0.2, -0.15) is 0 Å². The van der Waals surface area contributed by atoms with Crippen molar-refractivity contribution in [3.63, 3.8) is 0 Å². The number of rotatable bonds is 2. The summed E-state index contributed by atoms with van der Waals surface area (Å²) in [5, 5.41) is 4.18. The van der Waals surface area contributed by atoms with Crippen molar-refractivity contribution in [2.24, 2.45) is 4.99 Å². The third-order valence-corrected chi connectivity index (χ3v) is 1.56. The Morgan fingerprint density at radius 1 is 1.40 bits per heavy atom. The van der Waals surface area contributed by atoms with Gasteiger partial charge < -0.3 is 10.2 Å². The highest BCUT2D eigenvalue weighted by atomic mass is 15.1. The molecule has 0 aliphatic rings. The molecule has 0 atom stereocenters. The third kappa shape index (κ3) is 0.875. The van der Waals surface area contributed by atoms with Crippen LogP contribution in [-0.4, -0.2) is 28.2 Å². The van der Waals surface area contributed by atoms with E-state index in [0.29, 0.717) is 0 Å². The molecule has 0 spiro atoms. The summed E-state index contributed by atoms with van der Waals surface area (Å²) in [6.45, 7) is 0. The first-order valence-corrected chi connectivity index (χ1v) is 3.29. The Morgan fingerprint density at radius 2 is 2.00 bits per heavy atom. The van der Waals surface area contributed by atoms with Crippen molar-refractivity contribution in [1.82, 2.24) is 0 Å². The standard InChI is InChI=1S/C7H13N3/c1-8-5-6(9-2)7(5)10(3)4/h8H,1-4H3. The molecule has 0 unspecified atom stereocenters. The Bertz CT molecular complexity index is 241. The van der Waals surface area contributed by atoms with Crippen LogP contribution >= 0.6 is 0 Å². The predicted molar refractivity (Wildman–Crippen MR) is 44.2 cm³/mol. The molecule has 0 aliphatic carbocycles. The smallest absolute Gasteiger partial charge is 0.108 e. The summed E-state index contributed by atoms with van der Waals surface area (Å²) in [5.41, 5.74) is 2.40. The van der Waals surface area contributed by atoms with Crippen molar-refractivity contribution in [3.05, 3.63) is 5.36 Å². The van der Waals surface area contributed by atoms with E-state index in [-0.39, 0.29) is 0 Å². The Balaban J connectivity index is 2.85. The van der Waals surface area contributed by atoms with E-state index in [1.165, 1.54) is 11.4 Å². The second-order valence-electron chi connectivity index (χ2n) is 2.44. The number of nitrogens with one attached hydrogen (secondary N) is 1. The van der Waals surface area contributed by atoms with E-state index < -0.39 is 0 Å². The lowest BCUT2D eigenvalue weighted by atomic mass is 10.7. The van der Waals surface area contributed by atoms with Crippen molar-refractivity contribution in [1.29, 1.82) is 0 Å². The van der Waals surface area contributed by atoms with Gasteiger partial charge in [0, 0.05) is 28.2 Å². The third-order valence-electron chi connectivity index (χ3n) is 1.56. The lowest BCUT2D eigenvalue weighted by Gasteiger charge is -2.02. The van der Waals surface area contributed by atoms with Crippen LogP contribution in [0.3, 0.4) is 0 Å². The minimum atomic E-state index is 1.10. The maximum Gasteiger partial charge on any atom is 0.108 e. The van der Waals surface area contributed by atoms with Gasteiger partial charge in [0.2, 0.25) is 0 Å². The van der Waals surface area contributed by atoms with Crippen LogP contribution in [0, 0.1) is 0 Å². The van der Waals surface area contributed by atoms with Gasteiger partial charge in [0.05, 0.1) is 11.4 Å². The van der Waals surface area contributed by atoms with Crippen LogP contribution < -0.4 is 15.6 Å². The molecule has 10 heavy (non-hydrogen) atoms. The van der Waals surface area contributed by atoms with E-state index in [1.807, 2.05) is 28.2 Å². The van der Waals surface area contributed by atoms with Gasteiger partial charge in [0.15, 0.2) is 0 Å². The molecule has 1 aromatic carbocycles. The molecule has 1 rings (SSSR count). The van der Waals surface area contributed by atoms with Gasteiger partial charge in [-0.1, -0.05) is 0 Å². The Kier molecular flexibility index (Phi) is 1.66. The van der Waals surface area contributed by atoms with Gasteiger partial charge >= 0.3 is 0 Å². The molecule has 1 N–H and O–H groups in total. The predicted octanol–water partition coefficient (Wildman–Crippen LogP) is 0.200. The summed E-state index contributed by atoms with van der Waals surface area (Å²) in [5.74, 6) is 0. The molecule has 0 heterocycles. The molecule has 0 bridgehead atoms. The number of hydrogen-bond donors (Lipinski definition) is 1. The van der Waals surface area contributed by atoms with Crippen LogP contribution in [-0.2, 0) is 0 Å². The molecule has 3 heteroatoms. The highest BCUT2D eigenvalue weighted by molar-refractivity contribution is 5.83. The molecule has 56 valence electrons. The fraction of sp³-hybridized carbons (Fsp3) is 0.571. The lowest BCUT2D eigenvalue weighted by Crippen LogP contribution is -2.07. The zero-order valence-corrected chi connectivity index (χ0v) is 6.89. The summed E-state index contributed by atoms with van der Waals surface area (Å²) in [4.78, 5) is 6.16. The molecular weight excluding hydrogens is 126 g/mol. The van der Waals surface area contributed by atoms with Crippen LogP contribution in [0.15, 0.2) is 4.99 Å². The lowest BCUT2D eigenvalue weighted by molar-refractivity contribution is 1.15. The topological polar surface area (TPSA) is 27.6 Å². The van der Waals surface area contributed by atoms with E-state index in [4.69, 9.17) is 0 Å². The minimum Gasteiger partial charge on any atom is -0.385 e. The SMILES string of the molecule is CN=c1c(NC)c1N(C)C. The van der Waals surface area contributed by atoms with Crippen molar-refractivity contribution >= 4 is 11.4 Å². The van der Waals surface area contributed by atoms with Crippen molar-refractivity contribution in [2.45, 2.75) is 0 Å². The zero-order chi connectivity index (χ0) is 7.72.